The van der Waals surface area contributed by atoms with Crippen LogP contribution >= 0.6 is 0 Å². The van der Waals surface area contributed by atoms with Gasteiger partial charge in [0.15, 0.2) is 0 Å². The summed E-state index contributed by atoms with van der Waals surface area (Å²) in [5.74, 6) is 0.958. The van der Waals surface area contributed by atoms with Gasteiger partial charge in [-0.25, -0.2) is 0 Å². The number of benzene rings is 1. The van der Waals surface area contributed by atoms with E-state index in [1.165, 1.54) is 57.5 Å². The van der Waals surface area contributed by atoms with Crippen LogP contribution in [0.25, 0.3) is 0 Å². The Morgan fingerprint density at radius 1 is 0.952 bits per heavy atom. The molecule has 0 atom stereocenters. The molecular formula is C18H29N3. The van der Waals surface area contributed by atoms with Gasteiger partial charge in [-0.1, -0.05) is 31.0 Å². The Hall–Kier alpha value is -1.06. The Morgan fingerprint density at radius 3 is 2.38 bits per heavy atom. The van der Waals surface area contributed by atoms with Crippen LogP contribution in [0.1, 0.15) is 25.7 Å². The predicted molar refractivity (Wildman–Crippen MR) is 89.9 cm³/mol. The van der Waals surface area contributed by atoms with E-state index in [9.17, 15) is 0 Å². The van der Waals surface area contributed by atoms with Crippen LogP contribution in [0.5, 0.6) is 0 Å². The first-order valence-corrected chi connectivity index (χ1v) is 8.65. The second-order valence-corrected chi connectivity index (χ2v) is 6.52. The van der Waals surface area contributed by atoms with Crippen molar-refractivity contribution in [3.05, 3.63) is 30.3 Å². The molecule has 1 aromatic rings. The molecule has 1 aliphatic carbocycles. The van der Waals surface area contributed by atoms with Gasteiger partial charge in [-0.05, 0) is 37.4 Å². The fraction of sp³-hybridized carbons (Fsp3) is 0.667. The third kappa shape index (κ3) is 4.45. The first-order chi connectivity index (χ1) is 10.4. The zero-order chi connectivity index (χ0) is 14.3. The number of anilines is 1. The maximum absolute atomic E-state index is 3.66. The van der Waals surface area contributed by atoms with E-state index in [4.69, 9.17) is 0 Å². The summed E-state index contributed by atoms with van der Waals surface area (Å²) in [5.41, 5.74) is 1.37. The number of para-hydroxylation sites is 1. The smallest absolute Gasteiger partial charge is 0.0367 e. The molecule has 21 heavy (non-hydrogen) atoms. The third-order valence-electron chi connectivity index (χ3n) is 5.01. The SMILES string of the molecule is c1ccc(N2CCN(CCNCC3CCCC3)CC2)cc1. The van der Waals surface area contributed by atoms with Crippen molar-refractivity contribution in [1.29, 1.82) is 0 Å². The summed E-state index contributed by atoms with van der Waals surface area (Å²) in [6.45, 7) is 8.31. The van der Waals surface area contributed by atoms with Crippen molar-refractivity contribution >= 4 is 5.69 Å². The zero-order valence-corrected chi connectivity index (χ0v) is 13.1. The van der Waals surface area contributed by atoms with Gasteiger partial charge < -0.3 is 10.2 Å². The van der Waals surface area contributed by atoms with E-state index in [0.717, 1.165) is 25.6 Å². The highest BCUT2D eigenvalue weighted by Gasteiger charge is 2.17. The van der Waals surface area contributed by atoms with E-state index in [1.807, 2.05) is 0 Å². The molecule has 1 aliphatic heterocycles. The highest BCUT2D eigenvalue weighted by molar-refractivity contribution is 5.46. The Morgan fingerprint density at radius 2 is 1.67 bits per heavy atom. The molecular weight excluding hydrogens is 258 g/mol. The summed E-state index contributed by atoms with van der Waals surface area (Å²) < 4.78 is 0. The second kappa shape index (κ2) is 7.81. The average molecular weight is 287 g/mol. The highest BCUT2D eigenvalue weighted by atomic mass is 15.3. The molecule has 0 bridgehead atoms. The van der Waals surface area contributed by atoms with Crippen LogP contribution in [-0.4, -0.2) is 50.7 Å². The quantitative estimate of drug-likeness (QED) is 0.811. The lowest BCUT2D eigenvalue weighted by Gasteiger charge is -2.36. The molecule has 116 valence electrons. The van der Waals surface area contributed by atoms with Crippen molar-refractivity contribution < 1.29 is 0 Å². The van der Waals surface area contributed by atoms with Gasteiger partial charge in [-0.2, -0.15) is 0 Å². The minimum atomic E-state index is 0.958. The van der Waals surface area contributed by atoms with Gasteiger partial charge in [0.25, 0.3) is 0 Å². The first-order valence-electron chi connectivity index (χ1n) is 8.65. The van der Waals surface area contributed by atoms with E-state index >= 15 is 0 Å². The molecule has 1 saturated heterocycles. The van der Waals surface area contributed by atoms with Gasteiger partial charge in [0.2, 0.25) is 0 Å². The van der Waals surface area contributed by atoms with Gasteiger partial charge in [0.1, 0.15) is 0 Å². The van der Waals surface area contributed by atoms with Gasteiger partial charge >= 0.3 is 0 Å². The van der Waals surface area contributed by atoms with Crippen molar-refractivity contribution in [2.75, 3.05) is 50.7 Å². The second-order valence-electron chi connectivity index (χ2n) is 6.52. The molecule has 1 saturated carbocycles. The normalized spacial score (nSPS) is 21.0. The molecule has 0 radical (unpaired) electrons. The van der Waals surface area contributed by atoms with Crippen LogP contribution in [0.15, 0.2) is 30.3 Å². The average Bonchev–Trinajstić information content (AvgIpc) is 3.06. The Balaban J connectivity index is 1.30. The number of nitrogens with zero attached hydrogens (tertiary/aromatic N) is 2. The first kappa shape index (κ1) is 14.9. The summed E-state index contributed by atoms with van der Waals surface area (Å²) in [6, 6.07) is 10.8. The van der Waals surface area contributed by atoms with Gasteiger partial charge in [0, 0.05) is 45.0 Å². The van der Waals surface area contributed by atoms with Gasteiger partial charge in [-0.3, -0.25) is 4.90 Å². The molecule has 3 rings (SSSR count). The van der Waals surface area contributed by atoms with Gasteiger partial charge in [0.05, 0.1) is 0 Å². The zero-order valence-electron chi connectivity index (χ0n) is 13.1. The van der Waals surface area contributed by atoms with E-state index < -0.39 is 0 Å². The summed E-state index contributed by atoms with van der Waals surface area (Å²) in [4.78, 5) is 5.10. The monoisotopic (exact) mass is 287 g/mol. The lowest BCUT2D eigenvalue weighted by atomic mass is 10.1. The molecule has 0 aromatic heterocycles. The molecule has 0 amide bonds. The lowest BCUT2D eigenvalue weighted by molar-refractivity contribution is 0.256. The van der Waals surface area contributed by atoms with E-state index in [0.29, 0.717) is 0 Å². The van der Waals surface area contributed by atoms with Crippen molar-refractivity contribution in [3.8, 4) is 0 Å². The molecule has 2 aliphatic rings. The van der Waals surface area contributed by atoms with Crippen LogP contribution in [0, 0.1) is 5.92 Å². The summed E-state index contributed by atoms with van der Waals surface area (Å²) in [6.07, 6.45) is 5.80. The van der Waals surface area contributed by atoms with Crippen LogP contribution in [0.3, 0.4) is 0 Å². The summed E-state index contributed by atoms with van der Waals surface area (Å²) in [7, 11) is 0. The molecule has 1 aromatic carbocycles. The van der Waals surface area contributed by atoms with Crippen LogP contribution in [0.2, 0.25) is 0 Å². The molecule has 1 heterocycles. The van der Waals surface area contributed by atoms with Gasteiger partial charge in [-0.15, -0.1) is 0 Å². The third-order valence-corrected chi connectivity index (χ3v) is 5.01. The number of piperazine rings is 1. The minimum Gasteiger partial charge on any atom is -0.369 e. The van der Waals surface area contributed by atoms with E-state index in [2.05, 4.69) is 45.4 Å². The fourth-order valence-electron chi connectivity index (χ4n) is 3.63. The maximum Gasteiger partial charge on any atom is 0.0367 e. The topological polar surface area (TPSA) is 18.5 Å². The highest BCUT2D eigenvalue weighted by Crippen LogP contribution is 2.23. The Kier molecular flexibility index (Phi) is 5.53. The summed E-state index contributed by atoms with van der Waals surface area (Å²) >= 11 is 0. The maximum atomic E-state index is 3.66. The van der Waals surface area contributed by atoms with Crippen molar-refractivity contribution in [3.63, 3.8) is 0 Å². The van der Waals surface area contributed by atoms with E-state index in [-0.39, 0.29) is 0 Å². The number of nitrogens with one attached hydrogen (secondary N) is 1. The Labute approximate surface area is 129 Å². The molecule has 0 unspecified atom stereocenters. The molecule has 1 N–H and O–H groups in total. The van der Waals surface area contributed by atoms with Crippen molar-refractivity contribution in [2.45, 2.75) is 25.7 Å². The van der Waals surface area contributed by atoms with Crippen LogP contribution < -0.4 is 10.2 Å². The number of rotatable bonds is 6. The molecule has 2 fully saturated rings. The summed E-state index contributed by atoms with van der Waals surface area (Å²) in [5, 5.41) is 3.66. The van der Waals surface area contributed by atoms with Crippen LogP contribution in [0.4, 0.5) is 5.69 Å². The lowest BCUT2D eigenvalue weighted by Crippen LogP contribution is -2.48. The molecule has 3 nitrogen and oxygen atoms in total. The molecule has 0 spiro atoms. The number of hydrogen-bond acceptors (Lipinski definition) is 3. The molecule has 3 heteroatoms. The standard InChI is InChI=1S/C18H29N3/c1-2-8-18(9-3-1)21-14-12-20(13-15-21)11-10-19-16-17-6-4-5-7-17/h1-3,8-9,17,19H,4-7,10-16H2. The fourth-order valence-corrected chi connectivity index (χ4v) is 3.63. The largest absolute Gasteiger partial charge is 0.369 e. The van der Waals surface area contributed by atoms with Crippen LogP contribution in [-0.2, 0) is 0 Å². The van der Waals surface area contributed by atoms with Crippen molar-refractivity contribution in [2.24, 2.45) is 5.92 Å². The predicted octanol–water partition coefficient (Wildman–Crippen LogP) is 2.59. The minimum absolute atomic E-state index is 0.958. The number of hydrogen-bond donors (Lipinski definition) is 1. The Bertz CT molecular complexity index is 392. The van der Waals surface area contributed by atoms with E-state index in [1.54, 1.807) is 0 Å². The van der Waals surface area contributed by atoms with Crippen molar-refractivity contribution in [1.82, 2.24) is 10.2 Å².